The largest absolute Gasteiger partial charge is 0.295 e. The monoisotopic (exact) mass is 320 g/mol. The molecule has 0 fully saturated rings. The van der Waals surface area contributed by atoms with E-state index in [9.17, 15) is 21.4 Å². The lowest BCUT2D eigenvalue weighted by molar-refractivity contribution is 0.480. The first-order valence-corrected chi connectivity index (χ1v) is 9.32. The van der Waals surface area contributed by atoms with Crippen molar-refractivity contribution in [2.75, 3.05) is 6.26 Å². The van der Waals surface area contributed by atoms with Gasteiger partial charge in [-0.25, -0.2) is 8.42 Å². The highest BCUT2D eigenvalue weighted by Gasteiger charge is 2.30. The van der Waals surface area contributed by atoms with E-state index in [1.165, 1.54) is 19.9 Å². The van der Waals surface area contributed by atoms with Crippen LogP contribution in [0.1, 0.15) is 37.5 Å². The second kappa shape index (κ2) is 4.82. The number of rotatable bonds is 2. The van der Waals surface area contributed by atoms with Crippen LogP contribution in [-0.4, -0.2) is 27.6 Å². The summed E-state index contributed by atoms with van der Waals surface area (Å²) in [6.45, 7) is 8.49. The van der Waals surface area contributed by atoms with Gasteiger partial charge in [0.25, 0.3) is 10.1 Å². The highest BCUT2D eigenvalue weighted by molar-refractivity contribution is 7.91. The zero-order valence-corrected chi connectivity index (χ0v) is 14.1. The Balaban J connectivity index is 4.07. The van der Waals surface area contributed by atoms with E-state index >= 15 is 0 Å². The Hall–Kier alpha value is -0.920. The van der Waals surface area contributed by atoms with Gasteiger partial charge in [0.2, 0.25) is 0 Å². The molecular weight excluding hydrogens is 300 g/mol. The number of hydrogen-bond donors (Lipinski definition) is 1. The summed E-state index contributed by atoms with van der Waals surface area (Å²) in [6, 6.07) is 1.52. The van der Waals surface area contributed by atoms with Crippen molar-refractivity contribution < 1.29 is 21.4 Å². The van der Waals surface area contributed by atoms with Crippen molar-refractivity contribution in [3.05, 3.63) is 22.8 Å². The van der Waals surface area contributed by atoms with Crippen LogP contribution >= 0.6 is 0 Å². The van der Waals surface area contributed by atoms with Gasteiger partial charge in [-0.15, -0.1) is 0 Å². The first kappa shape index (κ1) is 17.1. The minimum absolute atomic E-state index is 0.0248. The Morgan fingerprint density at radius 2 is 1.45 bits per heavy atom. The third-order valence-electron chi connectivity index (χ3n) is 3.08. The Kier molecular flexibility index (Phi) is 4.13. The molecule has 0 spiro atoms. The molecule has 0 radical (unpaired) electrons. The van der Waals surface area contributed by atoms with Crippen molar-refractivity contribution in [2.24, 2.45) is 0 Å². The first-order valence-electron chi connectivity index (χ1n) is 5.99. The van der Waals surface area contributed by atoms with Crippen LogP contribution in [0.4, 0.5) is 0 Å². The number of sulfone groups is 1. The average molecular weight is 320 g/mol. The van der Waals surface area contributed by atoms with E-state index in [0.717, 1.165) is 6.26 Å². The van der Waals surface area contributed by atoms with Crippen molar-refractivity contribution in [1.29, 1.82) is 0 Å². The molecule has 1 rings (SSSR count). The molecule has 114 valence electrons. The standard InChI is InChI=1S/C13H20O5S2/c1-8-7-10(13(3,4)5)12(19(6,14)15)9(2)11(8)20(16,17)18/h7H,1-6H3,(H,16,17,18). The molecule has 7 heteroatoms. The smallest absolute Gasteiger partial charge is 0.282 e. The van der Waals surface area contributed by atoms with Gasteiger partial charge in [0.15, 0.2) is 9.84 Å². The minimum atomic E-state index is -4.47. The fourth-order valence-corrected chi connectivity index (χ4v) is 4.82. The van der Waals surface area contributed by atoms with Gasteiger partial charge in [0.1, 0.15) is 4.90 Å². The third-order valence-corrected chi connectivity index (χ3v) is 5.49. The van der Waals surface area contributed by atoms with Gasteiger partial charge >= 0.3 is 0 Å². The Morgan fingerprint density at radius 1 is 1.00 bits per heavy atom. The summed E-state index contributed by atoms with van der Waals surface area (Å²) >= 11 is 0. The molecule has 0 unspecified atom stereocenters. The van der Waals surface area contributed by atoms with E-state index in [2.05, 4.69) is 0 Å². The van der Waals surface area contributed by atoms with Gasteiger partial charge in [-0.3, -0.25) is 4.55 Å². The van der Waals surface area contributed by atoms with Crippen LogP contribution in [0.3, 0.4) is 0 Å². The molecule has 0 amide bonds. The summed E-state index contributed by atoms with van der Waals surface area (Å²) in [4.78, 5) is -0.353. The van der Waals surface area contributed by atoms with Gasteiger partial charge in [0, 0.05) is 6.26 Å². The second-order valence-electron chi connectivity index (χ2n) is 6.02. The maximum absolute atomic E-state index is 12.0. The molecule has 0 saturated carbocycles. The predicted molar refractivity (Wildman–Crippen MR) is 77.5 cm³/mol. The van der Waals surface area contributed by atoms with Crippen LogP contribution in [-0.2, 0) is 25.4 Å². The average Bonchev–Trinajstić information content (AvgIpc) is 2.09. The second-order valence-corrected chi connectivity index (χ2v) is 9.33. The summed E-state index contributed by atoms with van der Waals surface area (Å²) in [6.07, 6.45) is 1.04. The van der Waals surface area contributed by atoms with Crippen LogP contribution in [0.5, 0.6) is 0 Å². The molecule has 20 heavy (non-hydrogen) atoms. The van der Waals surface area contributed by atoms with E-state index in [1.54, 1.807) is 0 Å². The zero-order chi connectivity index (χ0) is 16.1. The van der Waals surface area contributed by atoms with E-state index in [1.807, 2.05) is 20.8 Å². The van der Waals surface area contributed by atoms with Crippen molar-refractivity contribution in [1.82, 2.24) is 0 Å². The summed E-state index contributed by atoms with van der Waals surface area (Å²) in [7, 11) is -8.10. The molecule has 0 aliphatic carbocycles. The summed E-state index contributed by atoms with van der Waals surface area (Å²) in [5, 5.41) is 0. The molecule has 1 N–H and O–H groups in total. The van der Waals surface area contributed by atoms with E-state index in [0.29, 0.717) is 11.1 Å². The SMILES string of the molecule is Cc1cc(C(C)(C)C)c(S(C)(=O)=O)c(C)c1S(=O)(=O)O. The quantitative estimate of drug-likeness (QED) is 0.844. The van der Waals surface area contributed by atoms with Gasteiger partial charge in [0.05, 0.1) is 4.90 Å². The van der Waals surface area contributed by atoms with Crippen molar-refractivity contribution in [2.45, 2.75) is 49.8 Å². The molecule has 0 aliphatic heterocycles. The van der Waals surface area contributed by atoms with Gasteiger partial charge < -0.3 is 0 Å². The summed E-state index contributed by atoms with van der Waals surface area (Å²) in [5.41, 5.74) is 0.482. The summed E-state index contributed by atoms with van der Waals surface area (Å²) in [5.74, 6) is 0. The van der Waals surface area contributed by atoms with Crippen LogP contribution in [0.15, 0.2) is 15.9 Å². The third kappa shape index (κ3) is 3.21. The molecule has 5 nitrogen and oxygen atoms in total. The maximum Gasteiger partial charge on any atom is 0.295 e. The topological polar surface area (TPSA) is 88.5 Å². The Bertz CT molecular complexity index is 751. The molecule has 1 aromatic carbocycles. The Morgan fingerprint density at radius 3 is 1.75 bits per heavy atom. The van der Waals surface area contributed by atoms with Crippen LogP contribution < -0.4 is 0 Å². The molecule has 0 bridgehead atoms. The molecule has 1 aromatic rings. The maximum atomic E-state index is 12.0. The van der Waals surface area contributed by atoms with Gasteiger partial charge in [-0.1, -0.05) is 26.8 Å². The van der Waals surface area contributed by atoms with Gasteiger partial charge in [-0.2, -0.15) is 8.42 Å². The predicted octanol–water partition coefficient (Wildman–Crippen LogP) is 2.25. The fraction of sp³-hybridized carbons (Fsp3) is 0.538. The first-order chi connectivity index (χ1) is 8.67. The molecule has 0 aromatic heterocycles. The molecular formula is C13H20O5S2. The number of benzene rings is 1. The highest BCUT2D eigenvalue weighted by Crippen LogP contribution is 2.36. The summed E-state index contributed by atoms with van der Waals surface area (Å²) < 4.78 is 56.3. The van der Waals surface area contributed by atoms with Crippen LogP contribution in [0, 0.1) is 13.8 Å². The zero-order valence-electron chi connectivity index (χ0n) is 12.5. The van der Waals surface area contributed by atoms with Gasteiger partial charge in [-0.05, 0) is 36.0 Å². The van der Waals surface area contributed by atoms with Crippen molar-refractivity contribution in [3.63, 3.8) is 0 Å². The molecule has 0 aliphatic rings. The van der Waals surface area contributed by atoms with Crippen molar-refractivity contribution in [3.8, 4) is 0 Å². The highest BCUT2D eigenvalue weighted by atomic mass is 32.2. The fourth-order valence-electron chi connectivity index (χ4n) is 2.38. The lowest BCUT2D eigenvalue weighted by Crippen LogP contribution is -2.20. The van der Waals surface area contributed by atoms with Crippen molar-refractivity contribution >= 4 is 20.0 Å². The van der Waals surface area contributed by atoms with E-state index in [4.69, 9.17) is 0 Å². The normalized spacial score (nSPS) is 13.6. The molecule has 0 saturated heterocycles. The van der Waals surface area contributed by atoms with Crippen LogP contribution in [0.25, 0.3) is 0 Å². The molecule has 0 heterocycles. The number of aryl methyl sites for hydroxylation is 1. The number of hydrogen-bond acceptors (Lipinski definition) is 4. The Labute approximate surface area is 120 Å². The van der Waals surface area contributed by atoms with Crippen LogP contribution in [0.2, 0.25) is 0 Å². The van der Waals surface area contributed by atoms with E-state index < -0.39 is 25.4 Å². The van der Waals surface area contributed by atoms with E-state index in [-0.39, 0.29) is 15.4 Å². The lowest BCUT2D eigenvalue weighted by atomic mass is 9.85. The minimum Gasteiger partial charge on any atom is -0.282 e. The molecule has 0 atom stereocenters. The lowest BCUT2D eigenvalue weighted by Gasteiger charge is -2.25.